The molecular weight excluding hydrogens is 471 g/mol. The van der Waals surface area contributed by atoms with Crippen LogP contribution >= 0.6 is 34.8 Å². The van der Waals surface area contributed by atoms with Gasteiger partial charge in [0.05, 0.1) is 5.02 Å². The maximum atomic E-state index is 12.9. The van der Waals surface area contributed by atoms with Crippen LogP contribution < -0.4 is 10.6 Å². The van der Waals surface area contributed by atoms with Crippen LogP contribution in [0.4, 0.5) is 10.5 Å². The second-order valence-corrected chi connectivity index (χ2v) is 9.90. The summed E-state index contributed by atoms with van der Waals surface area (Å²) >= 11 is 17.9. The van der Waals surface area contributed by atoms with Crippen LogP contribution in [0.3, 0.4) is 0 Å². The van der Waals surface area contributed by atoms with E-state index in [0.29, 0.717) is 55.0 Å². The van der Waals surface area contributed by atoms with Crippen molar-refractivity contribution in [1.82, 2.24) is 14.5 Å². The van der Waals surface area contributed by atoms with Gasteiger partial charge in [-0.3, -0.25) is 4.90 Å². The molecule has 162 valence electrons. The van der Waals surface area contributed by atoms with Crippen LogP contribution in [0.15, 0.2) is 47.4 Å². The molecule has 1 heterocycles. The number of benzene rings is 2. The number of nitrogens with one attached hydrogen (secondary N) is 2. The van der Waals surface area contributed by atoms with Gasteiger partial charge in [0, 0.05) is 55.0 Å². The molecule has 0 bridgehead atoms. The number of hydrogen-bond donors (Lipinski definition) is 2. The summed E-state index contributed by atoms with van der Waals surface area (Å²) in [5.41, 5.74) is 0.610. The minimum absolute atomic E-state index is 0.0180. The second kappa shape index (κ2) is 10.2. The van der Waals surface area contributed by atoms with Gasteiger partial charge >= 0.3 is 6.03 Å². The summed E-state index contributed by atoms with van der Waals surface area (Å²) in [6.07, 6.45) is 0. The summed E-state index contributed by atoms with van der Waals surface area (Å²) < 4.78 is 27.1. The molecule has 1 saturated heterocycles. The molecule has 0 spiro atoms. The molecule has 7 nitrogen and oxygen atoms in total. The molecule has 1 aliphatic heterocycles. The highest BCUT2D eigenvalue weighted by molar-refractivity contribution is 7.89. The minimum Gasteiger partial charge on any atom is -0.337 e. The van der Waals surface area contributed by atoms with Crippen LogP contribution in [0, 0.1) is 0 Å². The van der Waals surface area contributed by atoms with Crippen LogP contribution in [0.2, 0.25) is 15.1 Å². The van der Waals surface area contributed by atoms with E-state index < -0.39 is 10.0 Å². The molecule has 3 rings (SSSR count). The Labute approximate surface area is 190 Å². The lowest BCUT2D eigenvalue weighted by Gasteiger charge is -2.34. The van der Waals surface area contributed by atoms with Crippen molar-refractivity contribution in [3.8, 4) is 0 Å². The van der Waals surface area contributed by atoms with E-state index in [1.54, 1.807) is 30.3 Å². The highest BCUT2D eigenvalue weighted by atomic mass is 35.5. The maximum Gasteiger partial charge on any atom is 0.319 e. The molecular formula is C19H21Cl3N4O3S. The van der Waals surface area contributed by atoms with Gasteiger partial charge in [0.2, 0.25) is 10.0 Å². The maximum absolute atomic E-state index is 12.9. The lowest BCUT2D eigenvalue weighted by atomic mass is 10.3. The Morgan fingerprint density at radius 2 is 1.67 bits per heavy atom. The Balaban J connectivity index is 1.45. The summed E-state index contributed by atoms with van der Waals surface area (Å²) in [5, 5.41) is 6.50. The lowest BCUT2D eigenvalue weighted by molar-refractivity contribution is 0.189. The summed E-state index contributed by atoms with van der Waals surface area (Å²) in [6, 6.07) is 11.0. The van der Waals surface area contributed by atoms with Gasteiger partial charge in [-0.15, -0.1) is 0 Å². The minimum atomic E-state index is -3.71. The lowest BCUT2D eigenvalue weighted by Crippen LogP contribution is -2.50. The largest absolute Gasteiger partial charge is 0.337 e. The fraction of sp³-hybridized carbons (Fsp3) is 0.316. The van der Waals surface area contributed by atoms with Gasteiger partial charge in [0.1, 0.15) is 4.90 Å². The quantitative estimate of drug-likeness (QED) is 0.644. The van der Waals surface area contributed by atoms with Crippen LogP contribution in [0.25, 0.3) is 0 Å². The fourth-order valence-corrected chi connectivity index (χ4v) is 5.43. The molecule has 2 N–H and O–H groups in total. The van der Waals surface area contributed by atoms with Gasteiger partial charge in [0.25, 0.3) is 0 Å². The van der Waals surface area contributed by atoms with Crippen molar-refractivity contribution in [2.24, 2.45) is 0 Å². The number of amides is 2. The number of carbonyl (C=O) groups is 1. The molecule has 30 heavy (non-hydrogen) atoms. The van der Waals surface area contributed by atoms with Gasteiger partial charge < -0.3 is 10.6 Å². The predicted molar refractivity (Wildman–Crippen MR) is 120 cm³/mol. The normalized spacial score (nSPS) is 15.7. The Morgan fingerprint density at radius 3 is 2.37 bits per heavy atom. The van der Waals surface area contributed by atoms with Crippen molar-refractivity contribution >= 4 is 56.5 Å². The van der Waals surface area contributed by atoms with Crippen molar-refractivity contribution in [2.45, 2.75) is 4.90 Å². The molecule has 0 aromatic heterocycles. The third-order valence-electron chi connectivity index (χ3n) is 4.64. The number of piperazine rings is 1. The monoisotopic (exact) mass is 490 g/mol. The molecule has 0 unspecified atom stereocenters. The van der Waals surface area contributed by atoms with E-state index >= 15 is 0 Å². The number of rotatable bonds is 6. The molecule has 2 aromatic rings. The summed E-state index contributed by atoms with van der Waals surface area (Å²) in [5.74, 6) is 0. The topological polar surface area (TPSA) is 81.8 Å². The summed E-state index contributed by atoms with van der Waals surface area (Å²) in [4.78, 5) is 14.1. The zero-order chi connectivity index (χ0) is 21.7. The van der Waals surface area contributed by atoms with Gasteiger partial charge in [-0.1, -0.05) is 40.9 Å². The first-order valence-corrected chi connectivity index (χ1v) is 11.8. The number of carbonyl (C=O) groups excluding carboxylic acids is 1. The first-order valence-electron chi connectivity index (χ1n) is 9.24. The molecule has 1 fully saturated rings. The molecule has 2 aromatic carbocycles. The van der Waals surface area contributed by atoms with E-state index in [-0.39, 0.29) is 15.9 Å². The first-order chi connectivity index (χ1) is 14.3. The molecule has 2 amide bonds. The van der Waals surface area contributed by atoms with Crippen molar-refractivity contribution in [3.63, 3.8) is 0 Å². The van der Waals surface area contributed by atoms with Crippen molar-refractivity contribution in [3.05, 3.63) is 57.5 Å². The summed E-state index contributed by atoms with van der Waals surface area (Å²) in [7, 11) is -3.71. The van der Waals surface area contributed by atoms with E-state index in [2.05, 4.69) is 15.5 Å². The third kappa shape index (κ3) is 6.00. The van der Waals surface area contributed by atoms with Crippen LogP contribution in [0.1, 0.15) is 0 Å². The number of urea groups is 1. The Kier molecular flexibility index (Phi) is 7.84. The number of anilines is 1. The summed E-state index contributed by atoms with van der Waals surface area (Å²) in [6.45, 7) is 2.80. The number of halogens is 3. The standard InChI is InChI=1S/C19H21Cl3N4O3S/c20-14-2-1-3-16(12-14)24-19(27)23-6-7-25-8-10-26(11-9-25)30(28,29)18-13-15(21)4-5-17(18)22/h1-5,12-13H,6-11H2,(H2,23,24,27). The molecule has 1 aliphatic rings. The molecule has 0 atom stereocenters. The number of sulfonamides is 1. The van der Waals surface area contributed by atoms with Gasteiger partial charge in [-0.2, -0.15) is 4.31 Å². The molecule has 0 aliphatic carbocycles. The molecule has 11 heteroatoms. The van der Waals surface area contributed by atoms with Gasteiger partial charge in [-0.25, -0.2) is 13.2 Å². The van der Waals surface area contributed by atoms with Crippen molar-refractivity contribution < 1.29 is 13.2 Å². The van der Waals surface area contributed by atoms with Crippen molar-refractivity contribution in [2.75, 3.05) is 44.6 Å². The number of nitrogens with zero attached hydrogens (tertiary/aromatic N) is 2. The molecule has 0 saturated carbocycles. The zero-order valence-corrected chi connectivity index (χ0v) is 19.0. The SMILES string of the molecule is O=C(NCCN1CCN(S(=O)(=O)c2cc(Cl)ccc2Cl)CC1)Nc1cccc(Cl)c1. The highest BCUT2D eigenvalue weighted by Crippen LogP contribution is 2.28. The van der Waals surface area contributed by atoms with Crippen LogP contribution in [-0.4, -0.2) is 62.9 Å². The van der Waals surface area contributed by atoms with E-state index in [4.69, 9.17) is 34.8 Å². The van der Waals surface area contributed by atoms with E-state index in [1.165, 1.54) is 16.4 Å². The van der Waals surface area contributed by atoms with E-state index in [9.17, 15) is 13.2 Å². The Hall–Kier alpha value is -1.55. The van der Waals surface area contributed by atoms with Gasteiger partial charge in [-0.05, 0) is 36.4 Å². The van der Waals surface area contributed by atoms with Crippen LogP contribution in [-0.2, 0) is 10.0 Å². The Bertz CT molecular complexity index is 1010. The fourth-order valence-electron chi connectivity index (χ4n) is 3.08. The smallest absolute Gasteiger partial charge is 0.319 e. The predicted octanol–water partition coefficient (Wildman–Crippen LogP) is 3.77. The first kappa shape index (κ1) is 23.1. The molecule has 0 radical (unpaired) electrons. The second-order valence-electron chi connectivity index (χ2n) is 6.71. The van der Waals surface area contributed by atoms with E-state index in [0.717, 1.165) is 0 Å². The highest BCUT2D eigenvalue weighted by Gasteiger charge is 2.30. The van der Waals surface area contributed by atoms with Crippen molar-refractivity contribution in [1.29, 1.82) is 0 Å². The third-order valence-corrected chi connectivity index (χ3v) is 7.49. The zero-order valence-electron chi connectivity index (χ0n) is 15.9. The van der Waals surface area contributed by atoms with Gasteiger partial charge in [0.15, 0.2) is 0 Å². The van der Waals surface area contributed by atoms with Crippen LogP contribution in [0.5, 0.6) is 0 Å². The average Bonchev–Trinajstić information content (AvgIpc) is 2.70. The average molecular weight is 492 g/mol. The Morgan fingerprint density at radius 1 is 0.967 bits per heavy atom. The van der Waals surface area contributed by atoms with E-state index in [1.807, 2.05) is 0 Å². The number of hydrogen-bond acceptors (Lipinski definition) is 4.